The summed E-state index contributed by atoms with van der Waals surface area (Å²) in [6, 6.07) is 12.7. The Morgan fingerprint density at radius 2 is 1.96 bits per heavy atom. The Morgan fingerprint density at radius 1 is 1.16 bits per heavy atom. The van der Waals surface area contributed by atoms with Gasteiger partial charge in [-0.1, -0.05) is 0 Å². The number of thiazole rings is 1. The fraction of sp³-hybridized carbons (Fsp3) is 0.158. The van der Waals surface area contributed by atoms with E-state index in [1.165, 1.54) is 0 Å². The Kier molecular flexibility index (Phi) is 5.30. The molecule has 0 radical (unpaired) electrons. The molecule has 0 unspecified atom stereocenters. The first-order chi connectivity index (χ1) is 12.2. The molecule has 1 aromatic heterocycles. The number of aromatic nitrogens is 1. The summed E-state index contributed by atoms with van der Waals surface area (Å²) in [5.74, 6) is 0.950. The minimum Gasteiger partial charge on any atom is -0.493 e. The quantitative estimate of drug-likeness (QED) is 0.709. The molecule has 0 saturated heterocycles. The van der Waals surface area contributed by atoms with Gasteiger partial charge in [0.2, 0.25) is 0 Å². The van der Waals surface area contributed by atoms with Crippen LogP contribution in [0, 0.1) is 0 Å². The highest BCUT2D eigenvalue weighted by Crippen LogP contribution is 2.28. The van der Waals surface area contributed by atoms with E-state index in [9.17, 15) is 4.79 Å². The number of ether oxygens (including phenoxy) is 2. The topological polar surface area (TPSA) is 60.5 Å². The van der Waals surface area contributed by atoms with Gasteiger partial charge in [-0.05, 0) is 49.4 Å². The average Bonchev–Trinajstić information content (AvgIpc) is 3.17. The summed E-state index contributed by atoms with van der Waals surface area (Å²) in [7, 11) is 1.55. The van der Waals surface area contributed by atoms with Gasteiger partial charge in [0.1, 0.15) is 5.01 Å². The summed E-state index contributed by atoms with van der Waals surface area (Å²) in [4.78, 5) is 16.7. The van der Waals surface area contributed by atoms with Crippen LogP contribution in [0.2, 0.25) is 0 Å². The van der Waals surface area contributed by atoms with Gasteiger partial charge in [0, 0.05) is 28.4 Å². The van der Waals surface area contributed by atoms with E-state index in [1.807, 2.05) is 36.6 Å². The van der Waals surface area contributed by atoms with Crippen LogP contribution in [0.25, 0.3) is 10.6 Å². The molecule has 0 spiro atoms. The predicted molar refractivity (Wildman–Crippen MR) is 99.7 cm³/mol. The number of anilines is 1. The molecule has 5 nitrogen and oxygen atoms in total. The monoisotopic (exact) mass is 354 g/mol. The van der Waals surface area contributed by atoms with Crippen molar-refractivity contribution in [2.45, 2.75) is 6.92 Å². The Labute approximate surface area is 150 Å². The number of hydrogen-bond donors (Lipinski definition) is 1. The highest BCUT2D eigenvalue weighted by molar-refractivity contribution is 7.13. The second-order valence-electron chi connectivity index (χ2n) is 5.17. The smallest absolute Gasteiger partial charge is 0.255 e. The summed E-state index contributed by atoms with van der Waals surface area (Å²) in [6.45, 7) is 2.43. The lowest BCUT2D eigenvalue weighted by atomic mass is 10.1. The first-order valence-electron chi connectivity index (χ1n) is 7.83. The Balaban J connectivity index is 1.73. The van der Waals surface area contributed by atoms with Gasteiger partial charge in [-0.2, -0.15) is 0 Å². The third-order valence-corrected chi connectivity index (χ3v) is 4.37. The fourth-order valence-corrected chi connectivity index (χ4v) is 2.99. The van der Waals surface area contributed by atoms with E-state index < -0.39 is 0 Å². The molecular weight excluding hydrogens is 336 g/mol. The van der Waals surface area contributed by atoms with E-state index in [4.69, 9.17) is 9.47 Å². The fourth-order valence-electron chi connectivity index (χ4n) is 2.35. The minimum atomic E-state index is -0.205. The van der Waals surface area contributed by atoms with Crippen molar-refractivity contribution < 1.29 is 14.3 Å². The van der Waals surface area contributed by atoms with E-state index in [-0.39, 0.29) is 5.91 Å². The lowest BCUT2D eigenvalue weighted by Crippen LogP contribution is -2.12. The molecule has 1 heterocycles. The van der Waals surface area contributed by atoms with Gasteiger partial charge < -0.3 is 14.8 Å². The van der Waals surface area contributed by atoms with Gasteiger partial charge in [0.25, 0.3) is 5.91 Å². The largest absolute Gasteiger partial charge is 0.493 e. The van der Waals surface area contributed by atoms with Gasteiger partial charge in [0.15, 0.2) is 11.5 Å². The molecule has 1 amide bonds. The zero-order valence-corrected chi connectivity index (χ0v) is 14.8. The van der Waals surface area contributed by atoms with Crippen molar-refractivity contribution in [1.82, 2.24) is 4.98 Å². The van der Waals surface area contributed by atoms with Crippen molar-refractivity contribution in [3.63, 3.8) is 0 Å². The second-order valence-corrected chi connectivity index (χ2v) is 6.06. The van der Waals surface area contributed by atoms with Crippen LogP contribution in [-0.4, -0.2) is 24.6 Å². The van der Waals surface area contributed by atoms with Crippen LogP contribution in [0.3, 0.4) is 0 Å². The minimum absolute atomic E-state index is 0.205. The number of methoxy groups -OCH3 is 1. The number of carbonyl (C=O) groups excluding carboxylic acids is 1. The summed E-state index contributed by atoms with van der Waals surface area (Å²) in [6.07, 6.45) is 1.77. The van der Waals surface area contributed by atoms with Crippen molar-refractivity contribution in [1.29, 1.82) is 0 Å². The van der Waals surface area contributed by atoms with Crippen LogP contribution in [-0.2, 0) is 0 Å². The molecule has 128 valence electrons. The maximum Gasteiger partial charge on any atom is 0.255 e. The van der Waals surface area contributed by atoms with Crippen molar-refractivity contribution in [2.75, 3.05) is 19.0 Å². The van der Waals surface area contributed by atoms with Gasteiger partial charge >= 0.3 is 0 Å². The molecule has 0 atom stereocenters. The Bertz CT molecular complexity index is 846. The summed E-state index contributed by atoms with van der Waals surface area (Å²) in [5.41, 5.74) is 2.25. The van der Waals surface area contributed by atoms with Crippen molar-refractivity contribution in [3.05, 3.63) is 59.6 Å². The summed E-state index contributed by atoms with van der Waals surface area (Å²) >= 11 is 1.58. The molecule has 0 aliphatic heterocycles. The maximum atomic E-state index is 12.4. The second kappa shape index (κ2) is 7.81. The number of amides is 1. The van der Waals surface area contributed by atoms with E-state index in [0.29, 0.717) is 23.7 Å². The van der Waals surface area contributed by atoms with Crippen LogP contribution < -0.4 is 14.8 Å². The molecule has 0 aliphatic carbocycles. The summed E-state index contributed by atoms with van der Waals surface area (Å²) < 4.78 is 10.8. The van der Waals surface area contributed by atoms with E-state index >= 15 is 0 Å². The zero-order valence-electron chi connectivity index (χ0n) is 14.0. The van der Waals surface area contributed by atoms with E-state index in [2.05, 4.69) is 10.3 Å². The van der Waals surface area contributed by atoms with Gasteiger partial charge in [0.05, 0.1) is 13.7 Å². The number of benzene rings is 2. The average molecular weight is 354 g/mol. The highest BCUT2D eigenvalue weighted by atomic mass is 32.1. The first kappa shape index (κ1) is 17.0. The number of nitrogens with one attached hydrogen (secondary N) is 1. The molecule has 0 bridgehead atoms. The molecule has 0 aliphatic rings. The highest BCUT2D eigenvalue weighted by Gasteiger charge is 2.11. The first-order valence-corrected chi connectivity index (χ1v) is 8.71. The van der Waals surface area contributed by atoms with Gasteiger partial charge in [-0.3, -0.25) is 4.79 Å². The van der Waals surface area contributed by atoms with Gasteiger partial charge in [-0.25, -0.2) is 4.98 Å². The molecule has 3 rings (SSSR count). The molecule has 0 saturated carbocycles. The van der Waals surface area contributed by atoms with Crippen molar-refractivity contribution in [2.24, 2.45) is 0 Å². The molecule has 25 heavy (non-hydrogen) atoms. The van der Waals surface area contributed by atoms with Crippen molar-refractivity contribution in [3.8, 4) is 22.1 Å². The lowest BCUT2D eigenvalue weighted by Gasteiger charge is -2.11. The van der Waals surface area contributed by atoms with Crippen LogP contribution in [0.5, 0.6) is 11.5 Å². The molecule has 1 N–H and O–H groups in total. The maximum absolute atomic E-state index is 12.4. The molecule has 0 fully saturated rings. The van der Waals surface area contributed by atoms with Gasteiger partial charge in [-0.15, -0.1) is 11.3 Å². The number of nitrogens with zero attached hydrogens (tertiary/aromatic N) is 1. The van der Waals surface area contributed by atoms with Crippen LogP contribution in [0.4, 0.5) is 5.69 Å². The lowest BCUT2D eigenvalue weighted by molar-refractivity contribution is 0.102. The van der Waals surface area contributed by atoms with Crippen LogP contribution in [0.1, 0.15) is 17.3 Å². The third kappa shape index (κ3) is 3.97. The molecule has 3 aromatic rings. The number of carbonyl (C=O) groups is 1. The Hall–Kier alpha value is -2.86. The van der Waals surface area contributed by atoms with E-state index in [1.54, 1.807) is 42.8 Å². The normalized spacial score (nSPS) is 10.3. The summed E-state index contributed by atoms with van der Waals surface area (Å²) in [5, 5.41) is 5.77. The van der Waals surface area contributed by atoms with Crippen molar-refractivity contribution >= 4 is 22.9 Å². The molecule has 6 heteroatoms. The van der Waals surface area contributed by atoms with E-state index in [0.717, 1.165) is 16.3 Å². The number of hydrogen-bond acceptors (Lipinski definition) is 5. The van der Waals surface area contributed by atoms with Crippen LogP contribution >= 0.6 is 11.3 Å². The zero-order chi connectivity index (χ0) is 17.6. The third-order valence-electron chi connectivity index (χ3n) is 3.55. The Morgan fingerprint density at radius 3 is 2.60 bits per heavy atom. The molecule has 2 aromatic carbocycles. The number of rotatable bonds is 6. The predicted octanol–water partition coefficient (Wildman–Crippen LogP) is 4.47. The SMILES string of the molecule is CCOc1ccc(C(=O)Nc2ccc(-c3nccs3)cc2)cc1OC. The standard InChI is InChI=1S/C19H18N2O3S/c1-3-24-16-9-6-14(12-17(16)23-2)18(22)21-15-7-4-13(5-8-15)19-20-10-11-25-19/h4-12H,3H2,1-2H3,(H,21,22). The van der Waals surface area contributed by atoms with Crippen LogP contribution in [0.15, 0.2) is 54.0 Å². The molecular formula is C19H18N2O3S.